The Bertz CT molecular complexity index is 494. The highest BCUT2D eigenvalue weighted by Gasteiger charge is 2.82. The summed E-state index contributed by atoms with van der Waals surface area (Å²) in [7, 11) is 0. The number of hydrogen-bond donors (Lipinski definition) is 1. The van der Waals surface area contributed by atoms with Gasteiger partial charge >= 0.3 is 23.9 Å². The lowest BCUT2D eigenvalue weighted by atomic mass is 9.97. The molecule has 114 valence electrons. The van der Waals surface area contributed by atoms with Gasteiger partial charge in [0.25, 0.3) is 0 Å². The number of nitrogen functional groups attached to an aromatic ring is 1. The second kappa shape index (κ2) is 4.42. The molecule has 0 saturated carbocycles. The van der Waals surface area contributed by atoms with Crippen LogP contribution >= 0.6 is 0 Å². The molecule has 0 radical (unpaired) electrons. The summed E-state index contributed by atoms with van der Waals surface area (Å²) in [4.78, 5) is 2.95. The molecule has 0 saturated heterocycles. The topological polar surface area (TPSA) is 38.9 Å². The normalized spacial score (nSPS) is 14.4. The molecule has 0 bridgehead atoms. The van der Waals surface area contributed by atoms with Crippen molar-refractivity contribution in [1.29, 1.82) is 0 Å². The third kappa shape index (κ3) is 2.14. The summed E-state index contributed by atoms with van der Waals surface area (Å²) >= 11 is 0. The Morgan fingerprint density at radius 1 is 0.850 bits per heavy atom. The van der Waals surface area contributed by atoms with E-state index in [2.05, 4.69) is 4.98 Å². The van der Waals surface area contributed by atoms with Crippen molar-refractivity contribution in [2.45, 2.75) is 23.9 Å². The Labute approximate surface area is 105 Å². The standard InChI is InChI=1S/C9H5F9N2/c10-6(11,4-3-20-2-1-5(4)19)7(12,13)8(14,15)9(16,17)18/h1-3H,(H2,19,20). The molecule has 1 rings (SSSR count). The van der Waals surface area contributed by atoms with E-state index in [0.29, 0.717) is 6.07 Å². The van der Waals surface area contributed by atoms with Gasteiger partial charge in [0.1, 0.15) is 0 Å². The number of nitrogens with zero attached hydrogens (tertiary/aromatic N) is 1. The molecule has 11 heteroatoms. The Kier molecular flexibility index (Phi) is 3.62. The quantitative estimate of drug-likeness (QED) is 0.866. The van der Waals surface area contributed by atoms with Gasteiger partial charge < -0.3 is 5.73 Å². The number of anilines is 1. The van der Waals surface area contributed by atoms with Gasteiger partial charge in [0, 0.05) is 18.1 Å². The molecule has 0 spiro atoms. The maximum atomic E-state index is 13.4. The van der Waals surface area contributed by atoms with E-state index < -0.39 is 35.2 Å². The van der Waals surface area contributed by atoms with E-state index in [1.165, 1.54) is 0 Å². The van der Waals surface area contributed by atoms with Crippen LogP contribution in [0.5, 0.6) is 0 Å². The fraction of sp³-hybridized carbons (Fsp3) is 0.444. The Hall–Kier alpha value is -1.68. The maximum Gasteiger partial charge on any atom is 0.460 e. The number of halogens is 9. The van der Waals surface area contributed by atoms with E-state index in [0.717, 1.165) is 6.20 Å². The van der Waals surface area contributed by atoms with Gasteiger partial charge in [0.15, 0.2) is 0 Å². The highest BCUT2D eigenvalue weighted by molar-refractivity contribution is 5.48. The van der Waals surface area contributed by atoms with E-state index in [-0.39, 0.29) is 6.20 Å². The molecule has 0 aliphatic carbocycles. The maximum absolute atomic E-state index is 13.4. The van der Waals surface area contributed by atoms with Crippen LogP contribution in [0.1, 0.15) is 5.56 Å². The molecule has 0 fully saturated rings. The van der Waals surface area contributed by atoms with E-state index >= 15 is 0 Å². The molecule has 0 aliphatic rings. The molecule has 2 nitrogen and oxygen atoms in total. The van der Waals surface area contributed by atoms with Crippen LogP contribution < -0.4 is 5.73 Å². The third-order valence-electron chi connectivity index (χ3n) is 2.34. The van der Waals surface area contributed by atoms with Gasteiger partial charge in [-0.2, -0.15) is 39.5 Å². The largest absolute Gasteiger partial charge is 0.460 e. The molecule has 1 aromatic heterocycles. The lowest BCUT2D eigenvalue weighted by molar-refractivity contribution is -0.399. The van der Waals surface area contributed by atoms with Crippen molar-refractivity contribution >= 4 is 5.69 Å². The summed E-state index contributed by atoms with van der Waals surface area (Å²) in [5, 5.41) is 0. The summed E-state index contributed by atoms with van der Waals surface area (Å²) in [6, 6.07) is 0.561. The molecule has 0 unspecified atom stereocenters. The van der Waals surface area contributed by atoms with Gasteiger partial charge in [-0.15, -0.1) is 0 Å². The van der Waals surface area contributed by atoms with Crippen molar-refractivity contribution in [3.63, 3.8) is 0 Å². The fourth-order valence-corrected chi connectivity index (χ4v) is 1.21. The Morgan fingerprint density at radius 2 is 1.35 bits per heavy atom. The zero-order chi connectivity index (χ0) is 16.0. The van der Waals surface area contributed by atoms with E-state index in [1.54, 1.807) is 0 Å². The highest BCUT2D eigenvalue weighted by Crippen LogP contribution is 2.57. The number of alkyl halides is 9. The fourth-order valence-electron chi connectivity index (χ4n) is 1.21. The number of aromatic nitrogens is 1. The number of nitrogens with two attached hydrogens (primary N) is 1. The van der Waals surface area contributed by atoms with Gasteiger partial charge in [0.05, 0.1) is 5.56 Å². The Balaban J connectivity index is 3.44. The predicted octanol–water partition coefficient (Wildman–Crippen LogP) is 3.59. The molecule has 0 aliphatic heterocycles. The van der Waals surface area contributed by atoms with E-state index in [4.69, 9.17) is 5.73 Å². The van der Waals surface area contributed by atoms with Gasteiger partial charge in [-0.1, -0.05) is 0 Å². The zero-order valence-electron chi connectivity index (χ0n) is 9.16. The van der Waals surface area contributed by atoms with Crippen LogP contribution in [0.2, 0.25) is 0 Å². The van der Waals surface area contributed by atoms with Crippen LogP contribution in [-0.2, 0) is 5.92 Å². The van der Waals surface area contributed by atoms with Crippen molar-refractivity contribution in [1.82, 2.24) is 4.98 Å². The summed E-state index contributed by atoms with van der Waals surface area (Å²) < 4.78 is 114. The zero-order valence-corrected chi connectivity index (χ0v) is 9.16. The minimum atomic E-state index is -6.95. The predicted molar refractivity (Wildman–Crippen MR) is 48.5 cm³/mol. The van der Waals surface area contributed by atoms with Crippen molar-refractivity contribution in [3.05, 3.63) is 24.0 Å². The number of pyridine rings is 1. The van der Waals surface area contributed by atoms with E-state index in [9.17, 15) is 39.5 Å². The molecule has 2 N–H and O–H groups in total. The summed E-state index contributed by atoms with van der Waals surface area (Å²) in [5.74, 6) is -19.6. The smallest absolute Gasteiger partial charge is 0.398 e. The van der Waals surface area contributed by atoms with Crippen molar-refractivity contribution in [2.75, 3.05) is 5.73 Å². The van der Waals surface area contributed by atoms with Crippen LogP contribution in [0.15, 0.2) is 18.5 Å². The highest BCUT2D eigenvalue weighted by atomic mass is 19.4. The van der Waals surface area contributed by atoms with Gasteiger partial charge in [0.2, 0.25) is 0 Å². The first kappa shape index (κ1) is 16.4. The van der Waals surface area contributed by atoms with Gasteiger partial charge in [-0.25, -0.2) is 0 Å². The molecule has 0 atom stereocenters. The molecule has 1 aromatic rings. The van der Waals surface area contributed by atoms with Crippen molar-refractivity contribution in [3.8, 4) is 0 Å². The summed E-state index contributed by atoms with van der Waals surface area (Å²) in [6.07, 6.45) is -6.10. The molecule has 0 amide bonds. The number of hydrogen-bond acceptors (Lipinski definition) is 2. The van der Waals surface area contributed by atoms with Crippen LogP contribution in [0.25, 0.3) is 0 Å². The first-order valence-electron chi connectivity index (χ1n) is 4.67. The van der Waals surface area contributed by atoms with Crippen molar-refractivity contribution < 1.29 is 39.5 Å². The van der Waals surface area contributed by atoms with Crippen LogP contribution in [0.3, 0.4) is 0 Å². The summed E-state index contributed by atoms with van der Waals surface area (Å²) in [6.45, 7) is 0. The minimum Gasteiger partial charge on any atom is -0.398 e. The average Bonchev–Trinajstić information content (AvgIpc) is 2.27. The van der Waals surface area contributed by atoms with Crippen LogP contribution in [0.4, 0.5) is 45.2 Å². The first-order valence-corrected chi connectivity index (χ1v) is 4.67. The molecule has 0 aromatic carbocycles. The molecule has 1 heterocycles. The second-order valence-corrected chi connectivity index (χ2v) is 3.68. The lowest BCUT2D eigenvalue weighted by Crippen LogP contribution is -2.59. The molecule has 20 heavy (non-hydrogen) atoms. The molecular formula is C9H5F9N2. The molecular weight excluding hydrogens is 307 g/mol. The van der Waals surface area contributed by atoms with Gasteiger partial charge in [-0.3, -0.25) is 4.98 Å². The lowest BCUT2D eigenvalue weighted by Gasteiger charge is -2.34. The van der Waals surface area contributed by atoms with Crippen LogP contribution in [-0.4, -0.2) is 23.0 Å². The summed E-state index contributed by atoms with van der Waals surface area (Å²) in [5.41, 5.74) is 1.86. The monoisotopic (exact) mass is 312 g/mol. The number of rotatable bonds is 3. The van der Waals surface area contributed by atoms with Crippen LogP contribution in [0, 0.1) is 0 Å². The van der Waals surface area contributed by atoms with Crippen molar-refractivity contribution in [2.24, 2.45) is 0 Å². The van der Waals surface area contributed by atoms with E-state index in [1.807, 2.05) is 0 Å². The SMILES string of the molecule is Nc1ccncc1C(F)(F)C(F)(F)C(F)(F)C(F)(F)F. The minimum absolute atomic E-state index is 0.00427. The average molecular weight is 312 g/mol. The second-order valence-electron chi connectivity index (χ2n) is 3.68. The Morgan fingerprint density at radius 3 is 1.75 bits per heavy atom. The van der Waals surface area contributed by atoms with Gasteiger partial charge in [-0.05, 0) is 6.07 Å². The first-order chi connectivity index (χ1) is 8.77. The third-order valence-corrected chi connectivity index (χ3v) is 2.34.